The Labute approximate surface area is 80.5 Å². The van der Waals surface area contributed by atoms with E-state index in [-0.39, 0.29) is 0 Å². The molecule has 0 heterocycles. The SMILES string of the molecule is N#CCSc1ccccc1C(N)=O. The number of thioether (sulfide) groups is 1. The highest BCUT2D eigenvalue weighted by molar-refractivity contribution is 7.99. The normalized spacial score (nSPS) is 9.15. The molecule has 0 fully saturated rings. The van der Waals surface area contributed by atoms with Gasteiger partial charge in [-0.05, 0) is 12.1 Å². The summed E-state index contributed by atoms with van der Waals surface area (Å²) in [4.78, 5) is 11.7. The third-order valence-electron chi connectivity index (χ3n) is 1.44. The van der Waals surface area contributed by atoms with E-state index in [1.807, 2.05) is 12.1 Å². The zero-order valence-corrected chi connectivity index (χ0v) is 7.67. The summed E-state index contributed by atoms with van der Waals surface area (Å²) in [6, 6.07) is 8.99. The molecule has 1 aromatic rings. The monoisotopic (exact) mass is 192 g/mol. The second-order valence-electron chi connectivity index (χ2n) is 2.31. The molecule has 2 N–H and O–H groups in total. The summed E-state index contributed by atoms with van der Waals surface area (Å²) in [5, 5.41) is 8.37. The van der Waals surface area contributed by atoms with Crippen molar-refractivity contribution in [3.63, 3.8) is 0 Å². The minimum Gasteiger partial charge on any atom is -0.366 e. The Bertz CT molecular complexity index is 357. The predicted molar refractivity (Wildman–Crippen MR) is 51.3 cm³/mol. The number of carbonyl (C=O) groups is 1. The lowest BCUT2D eigenvalue weighted by atomic mass is 10.2. The van der Waals surface area contributed by atoms with Gasteiger partial charge in [-0.25, -0.2) is 0 Å². The van der Waals surface area contributed by atoms with Crippen LogP contribution in [0.25, 0.3) is 0 Å². The zero-order valence-electron chi connectivity index (χ0n) is 6.86. The van der Waals surface area contributed by atoms with Crippen molar-refractivity contribution in [1.82, 2.24) is 0 Å². The van der Waals surface area contributed by atoms with Crippen molar-refractivity contribution in [3.05, 3.63) is 29.8 Å². The Hall–Kier alpha value is -1.47. The molecule has 0 radical (unpaired) electrons. The number of amides is 1. The van der Waals surface area contributed by atoms with Crippen LogP contribution in [0.2, 0.25) is 0 Å². The number of hydrogen-bond acceptors (Lipinski definition) is 3. The Morgan fingerprint density at radius 2 is 2.23 bits per heavy atom. The maximum atomic E-state index is 10.9. The first kappa shape index (κ1) is 9.62. The van der Waals surface area contributed by atoms with Crippen LogP contribution in [0.4, 0.5) is 0 Å². The van der Waals surface area contributed by atoms with Crippen LogP contribution in [0.1, 0.15) is 10.4 Å². The molecule has 0 aliphatic heterocycles. The molecule has 0 bridgehead atoms. The quantitative estimate of drug-likeness (QED) is 0.736. The van der Waals surface area contributed by atoms with E-state index in [0.717, 1.165) is 4.90 Å². The van der Waals surface area contributed by atoms with Gasteiger partial charge in [-0.3, -0.25) is 4.79 Å². The number of hydrogen-bond donors (Lipinski definition) is 1. The highest BCUT2D eigenvalue weighted by atomic mass is 32.2. The number of benzene rings is 1. The highest BCUT2D eigenvalue weighted by Gasteiger charge is 2.06. The molecule has 3 nitrogen and oxygen atoms in total. The number of nitrogens with two attached hydrogens (primary N) is 1. The average Bonchev–Trinajstić information content (AvgIpc) is 2.15. The van der Waals surface area contributed by atoms with Gasteiger partial charge in [-0.15, -0.1) is 11.8 Å². The molecule has 0 unspecified atom stereocenters. The third-order valence-corrected chi connectivity index (χ3v) is 2.39. The van der Waals surface area contributed by atoms with E-state index in [9.17, 15) is 4.79 Å². The van der Waals surface area contributed by atoms with E-state index >= 15 is 0 Å². The second-order valence-corrected chi connectivity index (χ2v) is 3.32. The molecule has 0 aliphatic rings. The van der Waals surface area contributed by atoms with Gasteiger partial charge in [0.25, 0.3) is 0 Å². The van der Waals surface area contributed by atoms with E-state index in [4.69, 9.17) is 11.0 Å². The van der Waals surface area contributed by atoms with Crippen LogP contribution in [0.15, 0.2) is 29.2 Å². The largest absolute Gasteiger partial charge is 0.366 e. The van der Waals surface area contributed by atoms with Gasteiger partial charge in [0.1, 0.15) is 0 Å². The van der Waals surface area contributed by atoms with Gasteiger partial charge in [-0.2, -0.15) is 5.26 Å². The zero-order chi connectivity index (χ0) is 9.68. The summed E-state index contributed by atoms with van der Waals surface area (Å²) in [7, 11) is 0. The summed E-state index contributed by atoms with van der Waals surface area (Å²) in [6.07, 6.45) is 0. The number of primary amides is 1. The van der Waals surface area contributed by atoms with Gasteiger partial charge in [0, 0.05) is 4.90 Å². The third kappa shape index (κ3) is 2.49. The fourth-order valence-corrected chi connectivity index (χ4v) is 1.63. The van der Waals surface area contributed by atoms with Crippen LogP contribution in [-0.2, 0) is 0 Å². The molecule has 0 spiro atoms. The summed E-state index contributed by atoms with van der Waals surface area (Å²) < 4.78 is 0. The van der Waals surface area contributed by atoms with Crippen molar-refractivity contribution in [1.29, 1.82) is 5.26 Å². The van der Waals surface area contributed by atoms with Gasteiger partial charge in [0.2, 0.25) is 5.91 Å². The summed E-state index contributed by atoms with van der Waals surface area (Å²) in [5.74, 6) is -0.134. The topological polar surface area (TPSA) is 66.9 Å². The van der Waals surface area contributed by atoms with Crippen LogP contribution >= 0.6 is 11.8 Å². The molecule has 1 aromatic carbocycles. The molecular weight excluding hydrogens is 184 g/mol. The number of nitriles is 1. The van der Waals surface area contributed by atoms with Crippen molar-refractivity contribution < 1.29 is 4.79 Å². The lowest BCUT2D eigenvalue weighted by Gasteiger charge is -2.02. The van der Waals surface area contributed by atoms with Gasteiger partial charge < -0.3 is 5.73 Å². The first-order valence-corrected chi connectivity index (χ1v) is 4.63. The van der Waals surface area contributed by atoms with Gasteiger partial charge in [0.05, 0.1) is 17.4 Å². The molecule has 0 saturated heterocycles. The van der Waals surface area contributed by atoms with Crippen LogP contribution in [-0.4, -0.2) is 11.7 Å². The summed E-state index contributed by atoms with van der Waals surface area (Å²) in [6.45, 7) is 0. The van der Waals surface area contributed by atoms with Crippen molar-refractivity contribution in [2.45, 2.75) is 4.90 Å². The van der Waals surface area contributed by atoms with Crippen LogP contribution < -0.4 is 5.73 Å². The van der Waals surface area contributed by atoms with Crippen LogP contribution in [0, 0.1) is 11.3 Å². The molecule has 1 rings (SSSR count). The number of rotatable bonds is 3. The number of nitrogens with zero attached hydrogens (tertiary/aromatic N) is 1. The highest BCUT2D eigenvalue weighted by Crippen LogP contribution is 2.21. The summed E-state index contributed by atoms with van der Waals surface area (Å²) >= 11 is 1.31. The standard InChI is InChI=1S/C9H8N2OS/c10-5-6-13-8-4-2-1-3-7(8)9(11)12/h1-4H,6H2,(H2,11,12). The van der Waals surface area contributed by atoms with Gasteiger partial charge in [-0.1, -0.05) is 12.1 Å². The van der Waals surface area contributed by atoms with E-state index in [1.54, 1.807) is 18.2 Å². The maximum absolute atomic E-state index is 10.9. The maximum Gasteiger partial charge on any atom is 0.249 e. The number of carbonyl (C=O) groups excluding carboxylic acids is 1. The molecular formula is C9H8N2OS. The molecule has 0 aromatic heterocycles. The molecule has 13 heavy (non-hydrogen) atoms. The van der Waals surface area contributed by atoms with Gasteiger partial charge in [0.15, 0.2) is 0 Å². The predicted octanol–water partition coefficient (Wildman–Crippen LogP) is 1.40. The fraction of sp³-hybridized carbons (Fsp3) is 0.111. The van der Waals surface area contributed by atoms with E-state index in [2.05, 4.69) is 0 Å². The molecule has 0 saturated carbocycles. The van der Waals surface area contributed by atoms with Gasteiger partial charge >= 0.3 is 0 Å². The second kappa shape index (κ2) is 4.53. The Kier molecular flexibility index (Phi) is 3.35. The molecule has 0 atom stereocenters. The van der Waals surface area contributed by atoms with Crippen molar-refractivity contribution in [2.75, 3.05) is 5.75 Å². The van der Waals surface area contributed by atoms with E-state index < -0.39 is 5.91 Å². The lowest BCUT2D eigenvalue weighted by Crippen LogP contribution is -2.11. The van der Waals surface area contributed by atoms with Crippen molar-refractivity contribution in [2.24, 2.45) is 5.73 Å². The molecule has 0 aliphatic carbocycles. The molecule has 1 amide bonds. The molecule has 66 valence electrons. The summed E-state index contributed by atoms with van der Waals surface area (Å²) in [5.41, 5.74) is 5.63. The molecule has 4 heteroatoms. The first-order valence-electron chi connectivity index (χ1n) is 3.64. The average molecular weight is 192 g/mol. The minimum absolute atomic E-state index is 0.324. The fourth-order valence-electron chi connectivity index (χ4n) is 0.906. The van der Waals surface area contributed by atoms with E-state index in [0.29, 0.717) is 11.3 Å². The Balaban J connectivity index is 2.92. The minimum atomic E-state index is -0.457. The lowest BCUT2D eigenvalue weighted by molar-refractivity contribution is 0.0997. The smallest absolute Gasteiger partial charge is 0.249 e. The Morgan fingerprint density at radius 3 is 2.85 bits per heavy atom. The van der Waals surface area contributed by atoms with Crippen molar-refractivity contribution >= 4 is 17.7 Å². The van der Waals surface area contributed by atoms with Crippen molar-refractivity contribution in [3.8, 4) is 6.07 Å². The van der Waals surface area contributed by atoms with E-state index in [1.165, 1.54) is 11.8 Å². The van der Waals surface area contributed by atoms with Crippen LogP contribution in [0.3, 0.4) is 0 Å². The first-order chi connectivity index (χ1) is 6.25. The van der Waals surface area contributed by atoms with Crippen LogP contribution in [0.5, 0.6) is 0 Å². The Morgan fingerprint density at radius 1 is 1.54 bits per heavy atom.